The maximum absolute atomic E-state index is 8.73. The Hall–Kier alpha value is -3.87. The average molecular weight is 711 g/mol. The minimum atomic E-state index is -5.42. The fourth-order valence-corrected chi connectivity index (χ4v) is 27.1. The first-order valence-corrected chi connectivity index (χ1v) is 26.2. The van der Waals surface area contributed by atoms with Gasteiger partial charge in [0, 0.05) is 0 Å². The first kappa shape index (κ1) is 29.5. The molecule has 0 saturated carbocycles. The Balaban J connectivity index is 1.46. The summed E-state index contributed by atoms with van der Waals surface area (Å²) in [7, 11) is 17.5. The maximum atomic E-state index is 8.73. The van der Waals surface area contributed by atoms with Gasteiger partial charge >= 0.3 is 281 Å². The predicted molar refractivity (Wildman–Crippen MR) is 195 cm³/mol. The topological polar surface area (TPSA) is 0 Å². The van der Waals surface area contributed by atoms with E-state index in [4.69, 9.17) is 17.0 Å². The summed E-state index contributed by atoms with van der Waals surface area (Å²) in [5.41, 5.74) is 11.8. The van der Waals surface area contributed by atoms with Gasteiger partial charge in [-0.25, -0.2) is 0 Å². The van der Waals surface area contributed by atoms with Gasteiger partial charge in [0.1, 0.15) is 0 Å². The molecule has 0 heterocycles. The van der Waals surface area contributed by atoms with Crippen LogP contribution < -0.4 is 0 Å². The molecule has 0 fully saturated rings. The van der Waals surface area contributed by atoms with Crippen LogP contribution in [-0.2, 0) is 15.9 Å². The quantitative estimate of drug-likeness (QED) is 0.161. The zero-order chi connectivity index (χ0) is 31.2. The van der Waals surface area contributed by atoms with Crippen molar-refractivity contribution < 1.29 is 15.9 Å². The van der Waals surface area contributed by atoms with Crippen LogP contribution in [0.4, 0.5) is 0 Å². The van der Waals surface area contributed by atoms with Crippen molar-refractivity contribution in [3.63, 3.8) is 0 Å². The second-order valence-corrected chi connectivity index (χ2v) is 33.0. The Bertz CT molecular complexity index is 2040. The molecule has 0 amide bonds. The van der Waals surface area contributed by atoms with E-state index in [1.165, 1.54) is 44.5 Å². The van der Waals surface area contributed by atoms with Crippen molar-refractivity contribution in [1.29, 1.82) is 0 Å². The van der Waals surface area contributed by atoms with Gasteiger partial charge in [-0.2, -0.15) is 0 Å². The van der Waals surface area contributed by atoms with Crippen LogP contribution in [0.3, 0.4) is 0 Å². The van der Waals surface area contributed by atoms with Gasteiger partial charge in [-0.3, -0.25) is 0 Å². The van der Waals surface area contributed by atoms with Gasteiger partial charge in [-0.15, -0.1) is 0 Å². The molecule has 0 bridgehead atoms. The minimum absolute atomic E-state index is 0.153. The van der Waals surface area contributed by atoms with Gasteiger partial charge in [0.15, 0.2) is 0 Å². The summed E-state index contributed by atoms with van der Waals surface area (Å²) in [5.74, 6) is 0. The second kappa shape index (κ2) is 11.7. The molecule has 2 aliphatic carbocycles. The molecule has 3 heteroatoms. The first-order chi connectivity index (χ1) is 22.5. The van der Waals surface area contributed by atoms with E-state index < -0.39 is 15.9 Å². The SMILES string of the molecule is [Cl][Zr]([Cl])(=[C](c1ccccc1)c1ccccc1)([CH]1C=Cc2c(-c3ccccc3)cccc21)[CH]1C=Cc2c(-c3ccccc3)cccc21. The van der Waals surface area contributed by atoms with Crippen LogP contribution >= 0.6 is 17.0 Å². The molecule has 8 rings (SSSR count). The van der Waals surface area contributed by atoms with Gasteiger partial charge in [-0.05, 0) is 0 Å². The third kappa shape index (κ3) is 4.72. The Morgan fingerprint density at radius 1 is 0.413 bits per heavy atom. The fraction of sp³-hybridized carbons (Fsp3) is 0.0465. The van der Waals surface area contributed by atoms with Gasteiger partial charge in [0.05, 0.1) is 0 Å². The van der Waals surface area contributed by atoms with Crippen molar-refractivity contribution >= 4 is 32.4 Å². The van der Waals surface area contributed by atoms with Crippen LogP contribution in [-0.4, -0.2) is 3.21 Å². The molecule has 6 aromatic carbocycles. The van der Waals surface area contributed by atoms with E-state index in [9.17, 15) is 0 Å². The zero-order valence-corrected chi connectivity index (χ0v) is 29.2. The van der Waals surface area contributed by atoms with Crippen molar-refractivity contribution in [3.8, 4) is 22.3 Å². The van der Waals surface area contributed by atoms with Gasteiger partial charge in [0.2, 0.25) is 0 Å². The van der Waals surface area contributed by atoms with Crippen molar-refractivity contribution in [1.82, 2.24) is 0 Å². The van der Waals surface area contributed by atoms with E-state index in [1.807, 2.05) is 0 Å². The predicted octanol–water partition coefficient (Wildman–Crippen LogP) is 12.1. The Morgan fingerprint density at radius 3 is 1.17 bits per heavy atom. The summed E-state index contributed by atoms with van der Waals surface area (Å²) in [4.78, 5) is 0. The van der Waals surface area contributed by atoms with E-state index in [1.54, 1.807) is 0 Å². The summed E-state index contributed by atoms with van der Waals surface area (Å²) >= 11 is -5.42. The number of fused-ring (bicyclic) bond motifs is 2. The summed E-state index contributed by atoms with van der Waals surface area (Å²) < 4.78 is 0.797. The standard InChI is InChI=1S/2C15H11.C13H10.2ClH.Zr/c2*1-2-6-12(7-3-1)14-10-4-8-13-9-5-11-15(13)14;1-3-7-12(8-4-1)11-13-9-5-2-6-10-13;;;/h2*1-11H;1-10H;2*1H;/q;;;;;+2/p-2. The summed E-state index contributed by atoms with van der Waals surface area (Å²) in [6.07, 6.45) is 9.18. The monoisotopic (exact) mass is 708 g/mol. The molecule has 2 aliphatic rings. The summed E-state index contributed by atoms with van der Waals surface area (Å²) in [6.45, 7) is 0. The molecule has 0 aromatic heterocycles. The van der Waals surface area contributed by atoms with Crippen molar-refractivity contribution in [2.45, 2.75) is 7.25 Å². The fourth-order valence-electron chi connectivity index (χ4n) is 7.77. The molecule has 6 aromatic rings. The third-order valence-corrected chi connectivity index (χ3v) is 29.4. The number of rotatable bonds is 6. The summed E-state index contributed by atoms with van der Waals surface area (Å²) in [5, 5.41) is 0. The Labute approximate surface area is 279 Å². The molecule has 2 unspecified atom stereocenters. The van der Waals surface area contributed by atoms with Crippen LogP contribution in [0.2, 0.25) is 0 Å². The summed E-state index contributed by atoms with van der Waals surface area (Å²) in [6, 6.07) is 55.7. The Morgan fingerprint density at radius 2 is 0.783 bits per heavy atom. The molecular formula is C43H32Cl2Zr. The van der Waals surface area contributed by atoms with Crippen LogP contribution in [0, 0.1) is 0 Å². The molecule has 0 spiro atoms. The van der Waals surface area contributed by atoms with Crippen LogP contribution in [0.5, 0.6) is 0 Å². The van der Waals surface area contributed by atoms with Gasteiger partial charge < -0.3 is 0 Å². The van der Waals surface area contributed by atoms with E-state index in [0.29, 0.717) is 0 Å². The van der Waals surface area contributed by atoms with Crippen LogP contribution in [0.25, 0.3) is 34.4 Å². The number of halogens is 2. The second-order valence-electron chi connectivity index (χ2n) is 12.3. The molecule has 46 heavy (non-hydrogen) atoms. The van der Waals surface area contributed by atoms with E-state index in [0.717, 1.165) is 14.3 Å². The number of hydrogen-bond acceptors (Lipinski definition) is 0. The number of allylic oxidation sites excluding steroid dienone is 2. The average Bonchev–Trinajstić information content (AvgIpc) is 3.77. The Kier molecular flexibility index (Phi) is 7.53. The van der Waals surface area contributed by atoms with Crippen molar-refractivity contribution in [2.24, 2.45) is 0 Å². The molecular weight excluding hydrogens is 679 g/mol. The molecule has 0 radical (unpaired) electrons. The molecule has 0 N–H and O–H groups in total. The first-order valence-electron chi connectivity index (χ1n) is 15.8. The van der Waals surface area contributed by atoms with Crippen LogP contribution in [0.1, 0.15) is 40.6 Å². The molecule has 2 atom stereocenters. The van der Waals surface area contributed by atoms with E-state index in [2.05, 4.69) is 182 Å². The van der Waals surface area contributed by atoms with E-state index >= 15 is 0 Å². The van der Waals surface area contributed by atoms with Gasteiger partial charge in [0.25, 0.3) is 0 Å². The number of benzene rings is 6. The van der Waals surface area contributed by atoms with Crippen molar-refractivity contribution in [3.05, 3.63) is 203 Å². The van der Waals surface area contributed by atoms with Gasteiger partial charge in [-0.1, -0.05) is 0 Å². The number of hydrogen-bond donors (Lipinski definition) is 0. The molecule has 0 aliphatic heterocycles. The van der Waals surface area contributed by atoms with Crippen molar-refractivity contribution in [2.75, 3.05) is 0 Å². The third-order valence-electron chi connectivity index (χ3n) is 9.77. The van der Waals surface area contributed by atoms with Crippen LogP contribution in [0.15, 0.2) is 170 Å². The molecule has 0 saturated heterocycles. The zero-order valence-electron chi connectivity index (χ0n) is 25.2. The normalized spacial score (nSPS) is 16.7. The van der Waals surface area contributed by atoms with E-state index in [-0.39, 0.29) is 7.25 Å². The molecule has 222 valence electrons. The molecule has 0 nitrogen and oxygen atoms in total.